The Morgan fingerprint density at radius 3 is 1.93 bits per heavy atom. The van der Waals surface area contributed by atoms with Gasteiger partial charge in [0.25, 0.3) is 0 Å². The number of para-hydroxylation sites is 1. The summed E-state index contributed by atoms with van der Waals surface area (Å²) in [5.41, 5.74) is 8.88. The van der Waals surface area contributed by atoms with Gasteiger partial charge < -0.3 is 4.74 Å². The highest BCUT2D eigenvalue weighted by Crippen LogP contribution is 2.30. The molecule has 28 heavy (non-hydrogen) atoms. The van der Waals surface area contributed by atoms with Crippen LogP contribution in [0.4, 0.5) is 0 Å². The third-order valence-corrected chi connectivity index (χ3v) is 4.44. The van der Waals surface area contributed by atoms with E-state index < -0.39 is 0 Å². The predicted octanol–water partition coefficient (Wildman–Crippen LogP) is 4.63. The zero-order chi connectivity index (χ0) is 19.8. The molecule has 0 aromatic heterocycles. The van der Waals surface area contributed by atoms with Crippen molar-refractivity contribution in [2.24, 2.45) is 5.92 Å². The van der Waals surface area contributed by atoms with E-state index in [0.29, 0.717) is 6.54 Å². The molecule has 4 heteroatoms. The zero-order valence-corrected chi connectivity index (χ0v) is 16.3. The Labute approximate surface area is 166 Å². The van der Waals surface area contributed by atoms with Crippen molar-refractivity contribution < 1.29 is 9.53 Å². The summed E-state index contributed by atoms with van der Waals surface area (Å²) in [6.45, 7) is 4.20. The van der Waals surface area contributed by atoms with Crippen LogP contribution in [0.25, 0.3) is 0 Å². The lowest BCUT2D eigenvalue weighted by Crippen LogP contribution is -2.39. The van der Waals surface area contributed by atoms with Gasteiger partial charge in [0.05, 0.1) is 0 Å². The van der Waals surface area contributed by atoms with Crippen molar-refractivity contribution in [1.29, 1.82) is 0 Å². The monoisotopic (exact) mass is 374 g/mol. The second-order valence-electron chi connectivity index (χ2n) is 6.92. The highest BCUT2D eigenvalue weighted by molar-refractivity contribution is 5.77. The largest absolute Gasteiger partial charge is 0.481 e. The molecule has 0 aliphatic carbocycles. The Hall–Kier alpha value is -3.11. The quantitative estimate of drug-likeness (QED) is 0.565. The molecule has 4 nitrogen and oxygen atoms in total. The first kappa shape index (κ1) is 19.6. The Kier molecular flexibility index (Phi) is 6.82. The third kappa shape index (κ3) is 5.21. The summed E-state index contributed by atoms with van der Waals surface area (Å²) >= 11 is 0. The number of carbonyl (C=O) groups excluding carboxylic acids is 1. The first-order valence-corrected chi connectivity index (χ1v) is 9.52. The van der Waals surface area contributed by atoms with Gasteiger partial charge in [0.15, 0.2) is 0 Å². The zero-order valence-electron chi connectivity index (χ0n) is 16.3. The first-order valence-electron chi connectivity index (χ1n) is 9.52. The van der Waals surface area contributed by atoms with E-state index in [1.807, 2.05) is 74.5 Å². The first-order chi connectivity index (χ1) is 13.6. The standard InChI is InChI=1S/C24H26N2O2/c1-18(2)24(27)26-25-17-21-15-9-10-16-22(21)28-23(19-11-5-3-6-12-19)20-13-7-4-8-14-20/h3-16,18,23,25H,17H2,1-2H3,(H,26,27). The highest BCUT2D eigenvalue weighted by Gasteiger charge is 2.17. The van der Waals surface area contributed by atoms with E-state index in [1.54, 1.807) is 0 Å². The van der Waals surface area contributed by atoms with Crippen LogP contribution in [0.5, 0.6) is 5.75 Å². The van der Waals surface area contributed by atoms with Gasteiger partial charge in [-0.25, -0.2) is 5.43 Å². The maximum atomic E-state index is 11.8. The summed E-state index contributed by atoms with van der Waals surface area (Å²) in [5.74, 6) is 0.677. The number of benzene rings is 3. The second kappa shape index (κ2) is 9.72. The molecule has 3 aromatic carbocycles. The minimum Gasteiger partial charge on any atom is -0.481 e. The topological polar surface area (TPSA) is 50.4 Å². The van der Waals surface area contributed by atoms with Crippen molar-refractivity contribution in [3.05, 3.63) is 102 Å². The molecule has 144 valence electrons. The summed E-state index contributed by atoms with van der Waals surface area (Å²) in [4.78, 5) is 11.8. The maximum Gasteiger partial charge on any atom is 0.236 e. The van der Waals surface area contributed by atoms with Gasteiger partial charge in [-0.2, -0.15) is 0 Å². The Morgan fingerprint density at radius 1 is 0.821 bits per heavy atom. The average Bonchev–Trinajstić information content (AvgIpc) is 2.74. The number of hydrogen-bond donors (Lipinski definition) is 2. The van der Waals surface area contributed by atoms with Gasteiger partial charge in [-0.05, 0) is 17.2 Å². The molecule has 0 atom stereocenters. The molecule has 0 aliphatic heterocycles. The number of nitrogens with one attached hydrogen (secondary N) is 2. The molecule has 0 spiro atoms. The average molecular weight is 374 g/mol. The molecule has 0 saturated carbocycles. The lowest BCUT2D eigenvalue weighted by Gasteiger charge is -2.22. The van der Waals surface area contributed by atoms with Crippen LogP contribution in [0.2, 0.25) is 0 Å². The van der Waals surface area contributed by atoms with Crippen LogP contribution in [0.3, 0.4) is 0 Å². The molecule has 0 bridgehead atoms. The summed E-state index contributed by atoms with van der Waals surface area (Å²) in [6, 6.07) is 28.2. The van der Waals surface area contributed by atoms with E-state index in [9.17, 15) is 4.79 Å². The Bertz CT molecular complexity index is 840. The van der Waals surface area contributed by atoms with E-state index in [0.717, 1.165) is 22.4 Å². The van der Waals surface area contributed by atoms with Crippen molar-refractivity contribution in [2.75, 3.05) is 0 Å². The summed E-state index contributed by atoms with van der Waals surface area (Å²) in [6.07, 6.45) is -0.214. The van der Waals surface area contributed by atoms with Crippen LogP contribution in [0.1, 0.15) is 36.6 Å². The van der Waals surface area contributed by atoms with E-state index in [-0.39, 0.29) is 17.9 Å². The lowest BCUT2D eigenvalue weighted by atomic mass is 10.0. The molecule has 3 rings (SSSR count). The van der Waals surface area contributed by atoms with E-state index in [1.165, 1.54) is 0 Å². The van der Waals surface area contributed by atoms with E-state index in [2.05, 4.69) is 35.1 Å². The van der Waals surface area contributed by atoms with Crippen molar-refractivity contribution in [1.82, 2.24) is 10.9 Å². The van der Waals surface area contributed by atoms with Gasteiger partial charge >= 0.3 is 0 Å². The number of hydrogen-bond acceptors (Lipinski definition) is 3. The normalized spacial score (nSPS) is 10.9. The fraction of sp³-hybridized carbons (Fsp3) is 0.208. The molecule has 0 saturated heterocycles. The molecule has 0 aliphatic rings. The van der Waals surface area contributed by atoms with Gasteiger partial charge in [-0.15, -0.1) is 0 Å². The SMILES string of the molecule is CC(C)C(=O)NNCc1ccccc1OC(c1ccccc1)c1ccccc1. The summed E-state index contributed by atoms with van der Waals surface area (Å²) in [5, 5.41) is 0. The fourth-order valence-electron chi connectivity index (χ4n) is 2.85. The number of amides is 1. The van der Waals surface area contributed by atoms with Gasteiger partial charge in [0, 0.05) is 18.0 Å². The van der Waals surface area contributed by atoms with Crippen molar-refractivity contribution in [3.63, 3.8) is 0 Å². The summed E-state index contributed by atoms with van der Waals surface area (Å²) < 4.78 is 6.47. The molecule has 0 heterocycles. The molecule has 0 fully saturated rings. The van der Waals surface area contributed by atoms with Crippen LogP contribution in [0, 0.1) is 5.92 Å². The van der Waals surface area contributed by atoms with Crippen LogP contribution in [-0.2, 0) is 11.3 Å². The molecule has 0 unspecified atom stereocenters. The van der Waals surface area contributed by atoms with Gasteiger partial charge in [0.2, 0.25) is 5.91 Å². The number of ether oxygens (including phenoxy) is 1. The van der Waals surface area contributed by atoms with Gasteiger partial charge in [-0.3, -0.25) is 10.2 Å². The number of hydrazine groups is 1. The van der Waals surface area contributed by atoms with E-state index >= 15 is 0 Å². The lowest BCUT2D eigenvalue weighted by molar-refractivity contribution is -0.125. The third-order valence-electron chi connectivity index (χ3n) is 4.44. The van der Waals surface area contributed by atoms with Gasteiger partial charge in [-0.1, -0.05) is 92.7 Å². The molecular weight excluding hydrogens is 348 g/mol. The van der Waals surface area contributed by atoms with Crippen LogP contribution in [0.15, 0.2) is 84.9 Å². The minimum absolute atomic E-state index is 0.0372. The maximum absolute atomic E-state index is 11.8. The van der Waals surface area contributed by atoms with Crippen molar-refractivity contribution >= 4 is 5.91 Å². The number of carbonyl (C=O) groups is 1. The second-order valence-corrected chi connectivity index (χ2v) is 6.92. The van der Waals surface area contributed by atoms with Crippen LogP contribution < -0.4 is 15.6 Å². The van der Waals surface area contributed by atoms with Crippen molar-refractivity contribution in [3.8, 4) is 5.75 Å². The molecular formula is C24H26N2O2. The Balaban J connectivity index is 1.81. The fourth-order valence-corrected chi connectivity index (χ4v) is 2.85. The van der Waals surface area contributed by atoms with Crippen molar-refractivity contribution in [2.45, 2.75) is 26.5 Å². The highest BCUT2D eigenvalue weighted by atomic mass is 16.5. The van der Waals surface area contributed by atoms with E-state index in [4.69, 9.17) is 4.74 Å². The molecule has 0 radical (unpaired) electrons. The predicted molar refractivity (Wildman–Crippen MR) is 112 cm³/mol. The minimum atomic E-state index is -0.214. The molecule has 3 aromatic rings. The number of rotatable bonds is 8. The summed E-state index contributed by atoms with van der Waals surface area (Å²) in [7, 11) is 0. The molecule has 2 N–H and O–H groups in total. The Morgan fingerprint density at radius 2 is 1.36 bits per heavy atom. The smallest absolute Gasteiger partial charge is 0.236 e. The van der Waals surface area contributed by atoms with Gasteiger partial charge in [0.1, 0.15) is 11.9 Å². The molecule has 1 amide bonds. The van der Waals surface area contributed by atoms with Crippen LogP contribution >= 0.6 is 0 Å². The van der Waals surface area contributed by atoms with Crippen LogP contribution in [-0.4, -0.2) is 5.91 Å².